The Balaban J connectivity index is 1.41. The van der Waals surface area contributed by atoms with Crippen molar-refractivity contribution in [3.05, 3.63) is 11.7 Å². The van der Waals surface area contributed by atoms with Crippen LogP contribution in [0.4, 0.5) is 4.79 Å². The van der Waals surface area contributed by atoms with Crippen LogP contribution in [0.25, 0.3) is 0 Å². The van der Waals surface area contributed by atoms with Gasteiger partial charge in [0.2, 0.25) is 5.89 Å². The molecule has 3 rings (SSSR count). The summed E-state index contributed by atoms with van der Waals surface area (Å²) in [5.41, 5.74) is 0. The number of hydrogen-bond acceptors (Lipinski definition) is 6. The second-order valence-electron chi connectivity index (χ2n) is 5.80. The average molecular weight is 328 g/mol. The fraction of sp³-hybridized carbons (Fsp3) is 0.769. The SMILES string of the molecule is O=C(NCCc1noc(C2CCC2)n1)N1CCS(=O)(=O)CC1. The largest absolute Gasteiger partial charge is 0.339 e. The van der Waals surface area contributed by atoms with Crippen LogP contribution in [0.2, 0.25) is 0 Å². The zero-order valence-corrected chi connectivity index (χ0v) is 13.1. The number of nitrogens with zero attached hydrogens (tertiary/aromatic N) is 3. The first-order valence-electron chi connectivity index (χ1n) is 7.59. The van der Waals surface area contributed by atoms with Crippen molar-refractivity contribution >= 4 is 15.9 Å². The molecule has 1 aliphatic carbocycles. The number of urea groups is 1. The van der Waals surface area contributed by atoms with Crippen LogP contribution >= 0.6 is 0 Å². The maximum atomic E-state index is 11.9. The summed E-state index contributed by atoms with van der Waals surface area (Å²) in [6, 6.07) is -0.238. The number of carbonyl (C=O) groups is 1. The maximum absolute atomic E-state index is 11.9. The fourth-order valence-corrected chi connectivity index (χ4v) is 3.70. The lowest BCUT2D eigenvalue weighted by atomic mass is 9.85. The highest BCUT2D eigenvalue weighted by Crippen LogP contribution is 2.35. The maximum Gasteiger partial charge on any atom is 0.317 e. The van der Waals surface area contributed by atoms with Gasteiger partial charge < -0.3 is 14.7 Å². The Kier molecular flexibility index (Phi) is 4.32. The quantitative estimate of drug-likeness (QED) is 0.853. The van der Waals surface area contributed by atoms with E-state index in [-0.39, 0.29) is 30.6 Å². The first kappa shape index (κ1) is 15.3. The average Bonchev–Trinajstić information content (AvgIpc) is 2.85. The van der Waals surface area contributed by atoms with Gasteiger partial charge in [0.15, 0.2) is 15.7 Å². The summed E-state index contributed by atoms with van der Waals surface area (Å²) in [7, 11) is -2.97. The number of amides is 2. The summed E-state index contributed by atoms with van der Waals surface area (Å²) >= 11 is 0. The molecule has 9 heteroatoms. The lowest BCUT2D eigenvalue weighted by Gasteiger charge is -2.26. The molecule has 22 heavy (non-hydrogen) atoms. The molecule has 8 nitrogen and oxygen atoms in total. The Hall–Kier alpha value is -1.64. The molecule has 0 aromatic carbocycles. The lowest BCUT2D eigenvalue weighted by Crippen LogP contribution is -2.48. The molecule has 1 aromatic heterocycles. The summed E-state index contributed by atoms with van der Waals surface area (Å²) in [4.78, 5) is 17.8. The van der Waals surface area contributed by atoms with Crippen LogP contribution in [0.15, 0.2) is 4.52 Å². The van der Waals surface area contributed by atoms with Crippen LogP contribution in [0.1, 0.15) is 36.9 Å². The molecule has 0 atom stereocenters. The number of sulfone groups is 1. The number of aromatic nitrogens is 2. The van der Waals surface area contributed by atoms with E-state index in [4.69, 9.17) is 4.52 Å². The van der Waals surface area contributed by atoms with Gasteiger partial charge in [-0.2, -0.15) is 4.98 Å². The zero-order valence-electron chi connectivity index (χ0n) is 12.3. The smallest absolute Gasteiger partial charge is 0.317 e. The van der Waals surface area contributed by atoms with Gasteiger partial charge in [-0.05, 0) is 12.8 Å². The van der Waals surface area contributed by atoms with E-state index in [2.05, 4.69) is 15.5 Å². The van der Waals surface area contributed by atoms with Crippen molar-refractivity contribution in [2.75, 3.05) is 31.1 Å². The topological polar surface area (TPSA) is 105 Å². The molecule has 0 radical (unpaired) electrons. The first-order valence-corrected chi connectivity index (χ1v) is 9.41. The minimum Gasteiger partial charge on any atom is -0.339 e. The normalized spacial score (nSPS) is 21.4. The van der Waals surface area contributed by atoms with Gasteiger partial charge in [0.05, 0.1) is 11.5 Å². The van der Waals surface area contributed by atoms with Crippen molar-refractivity contribution in [3.8, 4) is 0 Å². The van der Waals surface area contributed by atoms with E-state index in [1.54, 1.807) is 0 Å². The molecule has 2 fully saturated rings. The summed E-state index contributed by atoms with van der Waals surface area (Å²) in [5, 5.41) is 6.68. The van der Waals surface area contributed by atoms with Crippen molar-refractivity contribution in [2.24, 2.45) is 0 Å². The lowest BCUT2D eigenvalue weighted by molar-refractivity contribution is 0.202. The van der Waals surface area contributed by atoms with Gasteiger partial charge in [-0.15, -0.1) is 0 Å². The highest BCUT2D eigenvalue weighted by Gasteiger charge is 2.26. The molecule has 2 aliphatic rings. The molecular formula is C13H20N4O4S. The third-order valence-corrected chi connectivity index (χ3v) is 5.80. The minimum absolute atomic E-state index is 0.0377. The van der Waals surface area contributed by atoms with Crippen molar-refractivity contribution in [1.29, 1.82) is 0 Å². The minimum atomic E-state index is -2.97. The third-order valence-electron chi connectivity index (χ3n) is 4.19. The number of nitrogens with one attached hydrogen (secondary N) is 1. The van der Waals surface area contributed by atoms with E-state index in [1.807, 2.05) is 0 Å². The van der Waals surface area contributed by atoms with Crippen molar-refractivity contribution < 1.29 is 17.7 Å². The third kappa shape index (κ3) is 3.57. The standard InChI is InChI=1S/C13H20N4O4S/c18-13(17-6-8-22(19,20)9-7-17)14-5-4-11-15-12(21-16-11)10-2-1-3-10/h10H,1-9H2,(H,14,18). The van der Waals surface area contributed by atoms with Gasteiger partial charge in [0, 0.05) is 32.0 Å². The molecule has 1 aliphatic heterocycles. The molecule has 2 heterocycles. The van der Waals surface area contributed by atoms with E-state index >= 15 is 0 Å². The molecule has 1 saturated carbocycles. The molecule has 1 saturated heterocycles. The van der Waals surface area contributed by atoms with Crippen molar-refractivity contribution in [3.63, 3.8) is 0 Å². The van der Waals surface area contributed by atoms with Gasteiger partial charge in [-0.3, -0.25) is 0 Å². The van der Waals surface area contributed by atoms with E-state index in [1.165, 1.54) is 11.3 Å². The van der Waals surface area contributed by atoms with Gasteiger partial charge in [-0.1, -0.05) is 11.6 Å². The van der Waals surface area contributed by atoms with Crippen LogP contribution < -0.4 is 5.32 Å². The van der Waals surface area contributed by atoms with Gasteiger partial charge >= 0.3 is 6.03 Å². The van der Waals surface area contributed by atoms with Crippen LogP contribution in [-0.2, 0) is 16.3 Å². The number of hydrogen-bond donors (Lipinski definition) is 1. The van der Waals surface area contributed by atoms with Gasteiger partial charge in [0.25, 0.3) is 0 Å². The highest BCUT2D eigenvalue weighted by atomic mass is 32.2. The van der Waals surface area contributed by atoms with Gasteiger partial charge in [0.1, 0.15) is 0 Å². The molecule has 2 amide bonds. The summed E-state index contributed by atoms with van der Waals surface area (Å²) in [6.45, 7) is 0.913. The predicted octanol–water partition coefficient (Wildman–Crippen LogP) is 0.320. The summed E-state index contributed by atoms with van der Waals surface area (Å²) < 4.78 is 27.9. The Morgan fingerprint density at radius 1 is 1.32 bits per heavy atom. The Morgan fingerprint density at radius 2 is 2.05 bits per heavy atom. The molecule has 122 valence electrons. The summed E-state index contributed by atoms with van der Waals surface area (Å²) in [6.07, 6.45) is 3.94. The highest BCUT2D eigenvalue weighted by molar-refractivity contribution is 7.91. The van der Waals surface area contributed by atoms with Crippen molar-refractivity contribution in [2.45, 2.75) is 31.6 Å². The van der Waals surface area contributed by atoms with Crippen LogP contribution in [0.3, 0.4) is 0 Å². The van der Waals surface area contributed by atoms with E-state index in [0.29, 0.717) is 30.6 Å². The van der Waals surface area contributed by atoms with Crippen molar-refractivity contribution in [1.82, 2.24) is 20.4 Å². The van der Waals surface area contributed by atoms with E-state index < -0.39 is 9.84 Å². The zero-order chi connectivity index (χ0) is 15.6. The number of rotatable bonds is 4. The fourth-order valence-electron chi connectivity index (χ4n) is 2.50. The second-order valence-corrected chi connectivity index (χ2v) is 8.10. The Labute approximate surface area is 129 Å². The molecule has 0 spiro atoms. The molecule has 0 bridgehead atoms. The monoisotopic (exact) mass is 328 g/mol. The summed E-state index contributed by atoms with van der Waals surface area (Å²) in [5.74, 6) is 1.79. The Bertz CT molecular complexity index is 624. The molecule has 1 aromatic rings. The predicted molar refractivity (Wildman–Crippen MR) is 78.2 cm³/mol. The van der Waals surface area contributed by atoms with Crippen LogP contribution in [0.5, 0.6) is 0 Å². The molecular weight excluding hydrogens is 308 g/mol. The van der Waals surface area contributed by atoms with Crippen LogP contribution in [-0.4, -0.2) is 60.6 Å². The first-order chi connectivity index (χ1) is 10.5. The molecule has 0 unspecified atom stereocenters. The van der Waals surface area contributed by atoms with E-state index in [9.17, 15) is 13.2 Å². The Morgan fingerprint density at radius 3 is 2.68 bits per heavy atom. The second kappa shape index (κ2) is 6.23. The van der Waals surface area contributed by atoms with Crippen LogP contribution in [0, 0.1) is 0 Å². The number of carbonyl (C=O) groups excluding carboxylic acids is 1. The van der Waals surface area contributed by atoms with E-state index in [0.717, 1.165) is 12.8 Å². The molecule has 1 N–H and O–H groups in total. The van der Waals surface area contributed by atoms with Gasteiger partial charge in [-0.25, -0.2) is 13.2 Å².